The van der Waals surface area contributed by atoms with Crippen molar-refractivity contribution in [2.24, 2.45) is 0 Å². The monoisotopic (exact) mass is 193 g/mol. The summed E-state index contributed by atoms with van der Waals surface area (Å²) in [5, 5.41) is 9.08. The second-order valence-electron chi connectivity index (χ2n) is 3.22. The molecule has 0 spiro atoms. The molecule has 0 saturated carbocycles. The Kier molecular flexibility index (Phi) is 3.51. The molecule has 1 aromatic rings. The fourth-order valence-electron chi connectivity index (χ4n) is 1.20. The van der Waals surface area contributed by atoms with E-state index in [0.29, 0.717) is 6.42 Å². The number of carbonyl (C=O) groups excluding carboxylic acids is 1. The molecule has 0 atom stereocenters. The number of amides is 1. The van der Waals surface area contributed by atoms with Gasteiger partial charge in [0.15, 0.2) is 0 Å². The second kappa shape index (κ2) is 4.65. The molecule has 0 fully saturated rings. The van der Waals surface area contributed by atoms with Crippen LogP contribution in [0.1, 0.15) is 19.8 Å². The van der Waals surface area contributed by atoms with Crippen molar-refractivity contribution in [1.82, 2.24) is 0 Å². The van der Waals surface area contributed by atoms with Crippen molar-refractivity contribution < 1.29 is 9.90 Å². The molecule has 0 aliphatic heterocycles. The summed E-state index contributed by atoms with van der Waals surface area (Å²) in [7, 11) is 1.74. The summed E-state index contributed by atoms with van der Waals surface area (Å²) in [6, 6.07) is 6.60. The average molecular weight is 193 g/mol. The minimum absolute atomic E-state index is 0.0955. The Bertz CT molecular complexity index is 306. The highest BCUT2D eigenvalue weighted by Gasteiger charge is 2.08. The summed E-state index contributed by atoms with van der Waals surface area (Å²) < 4.78 is 0. The van der Waals surface area contributed by atoms with Gasteiger partial charge in [0, 0.05) is 19.2 Å². The maximum absolute atomic E-state index is 11.5. The van der Waals surface area contributed by atoms with E-state index >= 15 is 0 Å². The zero-order valence-corrected chi connectivity index (χ0v) is 8.53. The number of hydrogen-bond donors (Lipinski definition) is 1. The van der Waals surface area contributed by atoms with Gasteiger partial charge in [0.05, 0.1) is 0 Å². The number of rotatable bonds is 3. The van der Waals surface area contributed by atoms with E-state index in [9.17, 15) is 4.79 Å². The zero-order valence-electron chi connectivity index (χ0n) is 8.53. The SMILES string of the molecule is CCCC(=O)N(C)c1ccc(O)cc1. The summed E-state index contributed by atoms with van der Waals surface area (Å²) in [6.45, 7) is 1.97. The standard InChI is InChI=1S/C11H15NO2/c1-3-4-11(14)12(2)9-5-7-10(13)8-6-9/h5-8,13H,3-4H2,1-2H3. The lowest BCUT2D eigenvalue weighted by atomic mass is 10.2. The van der Waals surface area contributed by atoms with Crippen molar-refractivity contribution >= 4 is 11.6 Å². The van der Waals surface area contributed by atoms with Gasteiger partial charge < -0.3 is 10.0 Å². The van der Waals surface area contributed by atoms with Gasteiger partial charge >= 0.3 is 0 Å². The van der Waals surface area contributed by atoms with Gasteiger partial charge in [-0.3, -0.25) is 4.79 Å². The van der Waals surface area contributed by atoms with Crippen LogP contribution in [-0.4, -0.2) is 18.1 Å². The van der Waals surface area contributed by atoms with Crippen LogP contribution in [0.3, 0.4) is 0 Å². The van der Waals surface area contributed by atoms with E-state index in [2.05, 4.69) is 0 Å². The van der Waals surface area contributed by atoms with Gasteiger partial charge in [-0.1, -0.05) is 6.92 Å². The summed E-state index contributed by atoms with van der Waals surface area (Å²) in [6.07, 6.45) is 1.40. The molecule has 1 amide bonds. The number of aromatic hydroxyl groups is 1. The molecule has 0 unspecified atom stereocenters. The molecule has 0 saturated heterocycles. The molecule has 1 aromatic carbocycles. The summed E-state index contributed by atoms with van der Waals surface area (Å²) in [4.78, 5) is 13.1. The van der Waals surface area contributed by atoms with Gasteiger partial charge in [0.25, 0.3) is 0 Å². The third kappa shape index (κ3) is 2.49. The van der Waals surface area contributed by atoms with E-state index in [-0.39, 0.29) is 11.7 Å². The maximum atomic E-state index is 11.5. The van der Waals surface area contributed by atoms with Crippen LogP contribution in [0.4, 0.5) is 5.69 Å². The van der Waals surface area contributed by atoms with Crippen LogP contribution in [0.15, 0.2) is 24.3 Å². The van der Waals surface area contributed by atoms with Crippen LogP contribution in [0, 0.1) is 0 Å². The largest absolute Gasteiger partial charge is 0.508 e. The molecule has 0 aliphatic carbocycles. The number of phenols is 1. The minimum atomic E-state index is 0.0955. The van der Waals surface area contributed by atoms with Crippen LogP contribution in [0.25, 0.3) is 0 Å². The molecule has 3 heteroatoms. The molecular weight excluding hydrogens is 178 g/mol. The first-order valence-electron chi connectivity index (χ1n) is 4.70. The van der Waals surface area contributed by atoms with Gasteiger partial charge in [-0.2, -0.15) is 0 Å². The predicted molar refractivity (Wildman–Crippen MR) is 56.4 cm³/mol. The number of benzene rings is 1. The van der Waals surface area contributed by atoms with Gasteiger partial charge in [-0.15, -0.1) is 0 Å². The van der Waals surface area contributed by atoms with Crippen LogP contribution in [-0.2, 0) is 4.79 Å². The van der Waals surface area contributed by atoms with E-state index in [1.807, 2.05) is 6.92 Å². The van der Waals surface area contributed by atoms with E-state index in [1.54, 1.807) is 36.2 Å². The van der Waals surface area contributed by atoms with Crippen molar-refractivity contribution in [3.05, 3.63) is 24.3 Å². The summed E-state index contributed by atoms with van der Waals surface area (Å²) in [5.41, 5.74) is 0.807. The first kappa shape index (κ1) is 10.6. The van der Waals surface area contributed by atoms with Crippen molar-refractivity contribution in [3.8, 4) is 5.75 Å². The molecule has 0 radical (unpaired) electrons. The quantitative estimate of drug-likeness (QED) is 0.799. The smallest absolute Gasteiger partial charge is 0.226 e. The number of nitrogens with zero attached hydrogens (tertiary/aromatic N) is 1. The molecule has 0 heterocycles. The summed E-state index contributed by atoms with van der Waals surface area (Å²) in [5.74, 6) is 0.309. The van der Waals surface area contributed by atoms with Gasteiger partial charge in [0.2, 0.25) is 5.91 Å². The minimum Gasteiger partial charge on any atom is -0.508 e. The molecule has 0 bridgehead atoms. The fraction of sp³-hybridized carbons (Fsp3) is 0.364. The Morgan fingerprint density at radius 2 is 1.93 bits per heavy atom. The third-order valence-electron chi connectivity index (χ3n) is 2.07. The zero-order chi connectivity index (χ0) is 10.6. The first-order chi connectivity index (χ1) is 6.65. The van der Waals surface area contributed by atoms with Crippen LogP contribution >= 0.6 is 0 Å². The number of hydrogen-bond acceptors (Lipinski definition) is 2. The Morgan fingerprint density at radius 1 is 1.36 bits per heavy atom. The highest BCUT2D eigenvalue weighted by atomic mass is 16.3. The number of anilines is 1. The van der Waals surface area contributed by atoms with Gasteiger partial charge in [-0.25, -0.2) is 0 Å². The van der Waals surface area contributed by atoms with Crippen LogP contribution in [0.2, 0.25) is 0 Å². The molecule has 3 nitrogen and oxygen atoms in total. The van der Waals surface area contributed by atoms with E-state index < -0.39 is 0 Å². The fourth-order valence-corrected chi connectivity index (χ4v) is 1.20. The van der Waals surface area contributed by atoms with E-state index in [4.69, 9.17) is 5.11 Å². The second-order valence-corrected chi connectivity index (χ2v) is 3.22. The molecule has 1 rings (SSSR count). The van der Waals surface area contributed by atoms with E-state index in [1.165, 1.54) is 0 Å². The lowest BCUT2D eigenvalue weighted by Gasteiger charge is -2.16. The molecule has 76 valence electrons. The molecule has 1 N–H and O–H groups in total. The Morgan fingerprint density at radius 3 is 2.43 bits per heavy atom. The third-order valence-corrected chi connectivity index (χ3v) is 2.07. The van der Waals surface area contributed by atoms with Crippen molar-refractivity contribution in [1.29, 1.82) is 0 Å². The first-order valence-corrected chi connectivity index (χ1v) is 4.70. The van der Waals surface area contributed by atoms with Crippen molar-refractivity contribution in [2.75, 3.05) is 11.9 Å². The number of carbonyl (C=O) groups is 1. The Hall–Kier alpha value is -1.51. The predicted octanol–water partition coefficient (Wildman–Crippen LogP) is 2.16. The average Bonchev–Trinajstić information content (AvgIpc) is 2.18. The maximum Gasteiger partial charge on any atom is 0.226 e. The summed E-state index contributed by atoms with van der Waals surface area (Å²) >= 11 is 0. The molecule has 0 aliphatic rings. The van der Waals surface area contributed by atoms with Gasteiger partial charge in [-0.05, 0) is 30.7 Å². The lowest BCUT2D eigenvalue weighted by Crippen LogP contribution is -2.25. The lowest BCUT2D eigenvalue weighted by molar-refractivity contribution is -0.118. The Labute approximate surface area is 84.0 Å². The molecular formula is C11H15NO2. The highest BCUT2D eigenvalue weighted by Crippen LogP contribution is 2.17. The topological polar surface area (TPSA) is 40.5 Å². The van der Waals surface area contributed by atoms with Crippen LogP contribution < -0.4 is 4.90 Å². The van der Waals surface area contributed by atoms with Crippen molar-refractivity contribution in [3.63, 3.8) is 0 Å². The van der Waals surface area contributed by atoms with E-state index in [0.717, 1.165) is 12.1 Å². The molecule has 0 aromatic heterocycles. The van der Waals surface area contributed by atoms with Crippen LogP contribution in [0.5, 0.6) is 5.75 Å². The molecule has 14 heavy (non-hydrogen) atoms. The highest BCUT2D eigenvalue weighted by molar-refractivity contribution is 5.92. The Balaban J connectivity index is 2.73. The van der Waals surface area contributed by atoms with Gasteiger partial charge in [0.1, 0.15) is 5.75 Å². The van der Waals surface area contributed by atoms with Crippen molar-refractivity contribution in [2.45, 2.75) is 19.8 Å². The normalized spacial score (nSPS) is 9.86. The number of phenolic OH excluding ortho intramolecular Hbond substituents is 1.